The largest absolute Gasteiger partial charge is 0.495 e. The van der Waals surface area contributed by atoms with E-state index in [1.54, 1.807) is 30.2 Å². The summed E-state index contributed by atoms with van der Waals surface area (Å²) < 4.78 is 10.7. The number of methoxy groups -OCH3 is 1. The number of anilines is 2. The summed E-state index contributed by atoms with van der Waals surface area (Å²) in [6.45, 7) is 1.41. The molecule has 2 amide bonds. The zero-order chi connectivity index (χ0) is 20.6. The van der Waals surface area contributed by atoms with Crippen LogP contribution in [0.15, 0.2) is 48.5 Å². The van der Waals surface area contributed by atoms with Gasteiger partial charge in [-0.25, -0.2) is 0 Å². The summed E-state index contributed by atoms with van der Waals surface area (Å²) in [5.74, 6) is 0.968. The summed E-state index contributed by atoms with van der Waals surface area (Å²) in [5, 5.41) is 2.89. The second kappa shape index (κ2) is 9.82. The number of carbonyl (C=O) groups excluding carboxylic acids is 2. The van der Waals surface area contributed by atoms with Crippen LogP contribution >= 0.6 is 0 Å². The van der Waals surface area contributed by atoms with E-state index in [0.717, 1.165) is 18.6 Å². The van der Waals surface area contributed by atoms with Crippen LogP contribution in [0.3, 0.4) is 0 Å². The topological polar surface area (TPSA) is 93.9 Å². The normalized spacial score (nSPS) is 16.2. The molecule has 1 saturated heterocycles. The zero-order valence-corrected chi connectivity index (χ0v) is 16.6. The molecular formula is C22H27N3O4. The summed E-state index contributed by atoms with van der Waals surface area (Å²) >= 11 is 0. The number of carbonyl (C=O) groups is 2. The number of hydrogen-bond acceptors (Lipinski definition) is 5. The van der Waals surface area contributed by atoms with Crippen LogP contribution in [0.2, 0.25) is 0 Å². The Morgan fingerprint density at radius 3 is 2.72 bits per heavy atom. The molecule has 2 aromatic rings. The first-order valence-electron chi connectivity index (χ1n) is 9.77. The van der Waals surface area contributed by atoms with Gasteiger partial charge in [0.25, 0.3) is 0 Å². The summed E-state index contributed by atoms with van der Waals surface area (Å²) in [6.07, 6.45) is 1.84. The standard InChI is InChI=1S/C22H27N3O4/c1-28-20-10-9-17(14-19(20)23)24-22(27)16-6-5-12-25(15-16)21(26)11-13-29-18-7-3-2-4-8-18/h2-4,7-10,14,16H,5-6,11-13,15,23H2,1H3,(H,24,27). The number of para-hydroxylation sites is 1. The molecule has 1 unspecified atom stereocenters. The number of hydrogen-bond donors (Lipinski definition) is 2. The van der Waals surface area contributed by atoms with Gasteiger partial charge in [-0.3, -0.25) is 9.59 Å². The van der Waals surface area contributed by atoms with Crippen LogP contribution in [0.4, 0.5) is 11.4 Å². The first kappa shape index (κ1) is 20.5. The minimum absolute atomic E-state index is 0.00660. The van der Waals surface area contributed by atoms with Crippen molar-refractivity contribution in [3.63, 3.8) is 0 Å². The Hall–Kier alpha value is -3.22. The summed E-state index contributed by atoms with van der Waals surface area (Å²) in [5.41, 5.74) is 6.98. The SMILES string of the molecule is COc1ccc(NC(=O)C2CCCN(C(=O)CCOc3ccccc3)C2)cc1N. The molecule has 0 aromatic heterocycles. The van der Waals surface area contributed by atoms with Crippen molar-refractivity contribution >= 4 is 23.2 Å². The maximum Gasteiger partial charge on any atom is 0.229 e. The van der Waals surface area contributed by atoms with Gasteiger partial charge in [0.2, 0.25) is 11.8 Å². The van der Waals surface area contributed by atoms with Gasteiger partial charge in [-0.15, -0.1) is 0 Å². The van der Waals surface area contributed by atoms with Gasteiger partial charge in [0.15, 0.2) is 0 Å². The third-order valence-electron chi connectivity index (χ3n) is 4.97. The number of nitrogens with one attached hydrogen (secondary N) is 1. The lowest BCUT2D eigenvalue weighted by Gasteiger charge is -2.32. The Kier molecular flexibility index (Phi) is 6.94. The van der Waals surface area contributed by atoms with Crippen molar-refractivity contribution in [2.45, 2.75) is 19.3 Å². The van der Waals surface area contributed by atoms with Gasteiger partial charge in [0, 0.05) is 18.8 Å². The molecule has 7 heteroatoms. The van der Waals surface area contributed by atoms with Crippen molar-refractivity contribution in [1.82, 2.24) is 4.90 Å². The molecule has 1 aliphatic heterocycles. The fourth-order valence-electron chi connectivity index (χ4n) is 3.41. The molecule has 2 aromatic carbocycles. The van der Waals surface area contributed by atoms with Gasteiger partial charge in [0.1, 0.15) is 11.5 Å². The van der Waals surface area contributed by atoms with Crippen LogP contribution in [0, 0.1) is 5.92 Å². The number of nitrogen functional groups attached to an aromatic ring is 1. The van der Waals surface area contributed by atoms with Crippen LogP contribution in [0.25, 0.3) is 0 Å². The van der Waals surface area contributed by atoms with Crippen LogP contribution in [0.5, 0.6) is 11.5 Å². The molecule has 0 spiro atoms. The Morgan fingerprint density at radius 2 is 2.00 bits per heavy atom. The summed E-state index contributed by atoms with van der Waals surface area (Å²) in [7, 11) is 1.54. The smallest absolute Gasteiger partial charge is 0.229 e. The Morgan fingerprint density at radius 1 is 1.21 bits per heavy atom. The third-order valence-corrected chi connectivity index (χ3v) is 4.97. The molecule has 1 atom stereocenters. The number of amides is 2. The number of likely N-dealkylation sites (tertiary alicyclic amines) is 1. The monoisotopic (exact) mass is 397 g/mol. The molecule has 0 bridgehead atoms. The van der Waals surface area contributed by atoms with Gasteiger partial charge >= 0.3 is 0 Å². The lowest BCUT2D eigenvalue weighted by Crippen LogP contribution is -2.44. The molecular weight excluding hydrogens is 370 g/mol. The van der Waals surface area contributed by atoms with E-state index in [1.165, 1.54) is 0 Å². The lowest BCUT2D eigenvalue weighted by molar-refractivity contribution is -0.135. The van der Waals surface area contributed by atoms with Crippen molar-refractivity contribution in [1.29, 1.82) is 0 Å². The fourth-order valence-corrected chi connectivity index (χ4v) is 3.41. The molecule has 3 rings (SSSR count). The molecule has 0 aliphatic carbocycles. The molecule has 1 fully saturated rings. The van der Waals surface area contributed by atoms with Crippen LogP contribution in [-0.2, 0) is 9.59 Å². The van der Waals surface area contributed by atoms with E-state index >= 15 is 0 Å². The van der Waals surface area contributed by atoms with Gasteiger partial charge in [-0.1, -0.05) is 18.2 Å². The Labute approximate surface area is 170 Å². The van der Waals surface area contributed by atoms with E-state index in [2.05, 4.69) is 5.32 Å². The highest BCUT2D eigenvalue weighted by molar-refractivity contribution is 5.93. The van der Waals surface area contributed by atoms with E-state index < -0.39 is 0 Å². The van der Waals surface area contributed by atoms with Gasteiger partial charge in [-0.05, 0) is 43.2 Å². The van der Waals surface area contributed by atoms with Crippen molar-refractivity contribution in [3.05, 3.63) is 48.5 Å². The Bertz CT molecular complexity index is 841. The Balaban J connectivity index is 1.49. The molecule has 1 aliphatic rings. The van der Waals surface area contributed by atoms with Gasteiger partial charge < -0.3 is 25.4 Å². The average Bonchev–Trinajstić information content (AvgIpc) is 2.74. The van der Waals surface area contributed by atoms with Crippen LogP contribution in [-0.4, -0.2) is 43.5 Å². The number of nitrogens with two attached hydrogens (primary N) is 1. The highest BCUT2D eigenvalue weighted by Gasteiger charge is 2.28. The number of nitrogens with zero attached hydrogens (tertiary/aromatic N) is 1. The maximum absolute atomic E-state index is 12.7. The molecule has 7 nitrogen and oxygen atoms in total. The van der Waals surface area contributed by atoms with Crippen molar-refractivity contribution < 1.29 is 19.1 Å². The van der Waals surface area contributed by atoms with Crippen molar-refractivity contribution in [3.8, 4) is 11.5 Å². The van der Waals surface area contributed by atoms with E-state index in [9.17, 15) is 9.59 Å². The molecule has 0 saturated carbocycles. The molecule has 1 heterocycles. The average molecular weight is 397 g/mol. The first-order chi connectivity index (χ1) is 14.1. The number of piperidine rings is 1. The van der Waals surface area contributed by atoms with Gasteiger partial charge in [0.05, 0.1) is 31.7 Å². The minimum Gasteiger partial charge on any atom is -0.495 e. The molecule has 0 radical (unpaired) electrons. The number of benzene rings is 2. The second-order valence-electron chi connectivity index (χ2n) is 7.04. The van der Waals surface area contributed by atoms with E-state index in [1.807, 2.05) is 30.3 Å². The summed E-state index contributed by atoms with van der Waals surface area (Å²) in [4.78, 5) is 26.9. The maximum atomic E-state index is 12.7. The molecule has 154 valence electrons. The van der Waals surface area contributed by atoms with E-state index in [0.29, 0.717) is 36.8 Å². The summed E-state index contributed by atoms with van der Waals surface area (Å²) in [6, 6.07) is 14.5. The minimum atomic E-state index is -0.244. The quantitative estimate of drug-likeness (QED) is 0.701. The zero-order valence-electron chi connectivity index (χ0n) is 16.6. The predicted molar refractivity (Wildman–Crippen MR) is 112 cm³/mol. The highest BCUT2D eigenvalue weighted by Crippen LogP contribution is 2.26. The van der Waals surface area contributed by atoms with Crippen molar-refractivity contribution in [2.75, 3.05) is 37.9 Å². The van der Waals surface area contributed by atoms with E-state index in [-0.39, 0.29) is 24.2 Å². The van der Waals surface area contributed by atoms with Crippen LogP contribution < -0.4 is 20.5 Å². The van der Waals surface area contributed by atoms with Gasteiger partial charge in [-0.2, -0.15) is 0 Å². The van der Waals surface area contributed by atoms with E-state index in [4.69, 9.17) is 15.2 Å². The highest BCUT2D eigenvalue weighted by atomic mass is 16.5. The van der Waals surface area contributed by atoms with Crippen molar-refractivity contribution in [2.24, 2.45) is 5.92 Å². The predicted octanol–water partition coefficient (Wildman–Crippen LogP) is 2.92. The molecule has 3 N–H and O–H groups in total. The number of ether oxygens (including phenoxy) is 2. The second-order valence-corrected chi connectivity index (χ2v) is 7.04. The fraction of sp³-hybridized carbons (Fsp3) is 0.364. The lowest BCUT2D eigenvalue weighted by atomic mass is 9.96. The third kappa shape index (κ3) is 5.63. The molecule has 29 heavy (non-hydrogen) atoms. The first-order valence-corrected chi connectivity index (χ1v) is 9.77. The van der Waals surface area contributed by atoms with Crippen LogP contribution in [0.1, 0.15) is 19.3 Å². The number of rotatable bonds is 7.